The fourth-order valence-electron chi connectivity index (χ4n) is 1.02. The van der Waals surface area contributed by atoms with Crippen molar-refractivity contribution < 1.29 is 20.5 Å². The SMILES string of the molecule is COC(=O)CCN[B]c1ccccc1.O.O. The Labute approximate surface area is 95.7 Å². The topological polar surface area (TPSA) is 101 Å². The maximum absolute atomic E-state index is 10.7. The quantitative estimate of drug-likeness (QED) is 0.373. The fraction of sp³-hybridized carbons (Fsp3) is 0.300. The van der Waals surface area contributed by atoms with Crippen LogP contribution in [0, 0.1) is 0 Å². The molecule has 0 aliphatic heterocycles. The highest BCUT2D eigenvalue weighted by Crippen LogP contribution is 1.82. The highest BCUT2D eigenvalue weighted by molar-refractivity contribution is 6.50. The van der Waals surface area contributed by atoms with E-state index in [1.807, 2.05) is 37.7 Å². The molecule has 5 nitrogen and oxygen atoms in total. The first kappa shape index (κ1) is 17.0. The third-order valence-corrected chi connectivity index (χ3v) is 1.77. The monoisotopic (exact) mass is 226 g/mol. The zero-order chi connectivity index (χ0) is 10.2. The van der Waals surface area contributed by atoms with Crippen molar-refractivity contribution in [2.75, 3.05) is 13.7 Å². The lowest BCUT2D eigenvalue weighted by Gasteiger charge is -2.01. The van der Waals surface area contributed by atoms with E-state index >= 15 is 0 Å². The molecule has 0 fully saturated rings. The van der Waals surface area contributed by atoms with Crippen LogP contribution in [0.5, 0.6) is 0 Å². The molecule has 89 valence electrons. The first-order valence-corrected chi connectivity index (χ1v) is 4.51. The summed E-state index contributed by atoms with van der Waals surface area (Å²) in [6.45, 7) is 0.599. The fourth-order valence-corrected chi connectivity index (χ4v) is 1.02. The number of carbonyl (C=O) groups excluding carboxylic acids is 1. The number of methoxy groups -OCH3 is 1. The number of hydrogen-bond acceptors (Lipinski definition) is 3. The average molecular weight is 226 g/mol. The van der Waals surface area contributed by atoms with Crippen LogP contribution >= 0.6 is 0 Å². The van der Waals surface area contributed by atoms with E-state index in [-0.39, 0.29) is 16.9 Å². The van der Waals surface area contributed by atoms with Gasteiger partial charge in [0, 0.05) is 0 Å². The van der Waals surface area contributed by atoms with Gasteiger partial charge in [0.2, 0.25) is 7.41 Å². The predicted molar refractivity (Wildman–Crippen MR) is 63.7 cm³/mol. The molecule has 0 heterocycles. The van der Waals surface area contributed by atoms with Gasteiger partial charge in [-0.25, -0.2) is 0 Å². The van der Waals surface area contributed by atoms with Gasteiger partial charge in [-0.2, -0.15) is 0 Å². The second-order valence-electron chi connectivity index (χ2n) is 2.84. The Balaban J connectivity index is 0. The standard InChI is InChI=1S/C10H13BNO2.2H2O/c1-14-10(13)7-8-12-11-9-5-3-2-4-6-9;;/h2-6,12H,7-8H2,1H3;2*1H2. The molecule has 1 rings (SSSR count). The number of benzene rings is 1. The molecule has 0 aliphatic carbocycles. The lowest BCUT2D eigenvalue weighted by Crippen LogP contribution is -2.31. The minimum Gasteiger partial charge on any atom is -0.469 e. The Hall–Kier alpha value is -1.37. The van der Waals surface area contributed by atoms with Gasteiger partial charge >= 0.3 is 5.97 Å². The minimum atomic E-state index is -0.195. The third kappa shape index (κ3) is 7.00. The summed E-state index contributed by atoms with van der Waals surface area (Å²) in [4.78, 5) is 10.7. The van der Waals surface area contributed by atoms with Crippen molar-refractivity contribution in [2.24, 2.45) is 0 Å². The number of rotatable bonds is 5. The molecule has 0 saturated carbocycles. The van der Waals surface area contributed by atoms with E-state index in [2.05, 4.69) is 9.96 Å². The van der Waals surface area contributed by atoms with Gasteiger partial charge in [0.05, 0.1) is 13.5 Å². The van der Waals surface area contributed by atoms with Crippen LogP contribution < -0.4 is 10.7 Å². The van der Waals surface area contributed by atoms with E-state index in [4.69, 9.17) is 0 Å². The summed E-state index contributed by atoms with van der Waals surface area (Å²) in [6.07, 6.45) is 0.389. The zero-order valence-corrected chi connectivity index (χ0v) is 9.19. The summed E-state index contributed by atoms with van der Waals surface area (Å²) >= 11 is 0. The van der Waals surface area contributed by atoms with E-state index in [1.54, 1.807) is 0 Å². The van der Waals surface area contributed by atoms with Crippen molar-refractivity contribution in [1.29, 1.82) is 0 Å². The molecule has 1 radical (unpaired) electrons. The molecule has 0 amide bonds. The smallest absolute Gasteiger partial charge is 0.306 e. The van der Waals surface area contributed by atoms with E-state index < -0.39 is 0 Å². The summed E-state index contributed by atoms with van der Waals surface area (Å²) in [7, 11) is 3.27. The van der Waals surface area contributed by atoms with Crippen LogP contribution in [0.3, 0.4) is 0 Å². The maximum atomic E-state index is 10.7. The van der Waals surface area contributed by atoms with E-state index in [0.717, 1.165) is 5.46 Å². The van der Waals surface area contributed by atoms with Crippen molar-refractivity contribution in [2.45, 2.75) is 6.42 Å². The van der Waals surface area contributed by atoms with Gasteiger partial charge in [-0.15, -0.1) is 0 Å². The van der Waals surface area contributed by atoms with Gasteiger partial charge in [-0.1, -0.05) is 35.8 Å². The van der Waals surface area contributed by atoms with Crippen LogP contribution in [-0.4, -0.2) is 38.0 Å². The highest BCUT2D eigenvalue weighted by atomic mass is 16.5. The summed E-state index contributed by atoms with van der Waals surface area (Å²) < 4.78 is 4.51. The summed E-state index contributed by atoms with van der Waals surface area (Å²) in [6, 6.07) is 9.88. The third-order valence-electron chi connectivity index (χ3n) is 1.77. The van der Waals surface area contributed by atoms with E-state index in [9.17, 15) is 4.79 Å². The molecule has 0 unspecified atom stereocenters. The Morgan fingerprint density at radius 3 is 2.50 bits per heavy atom. The molecule has 0 spiro atoms. The van der Waals surface area contributed by atoms with E-state index in [0.29, 0.717) is 13.0 Å². The Morgan fingerprint density at radius 2 is 1.94 bits per heavy atom. The molecule has 1 aromatic carbocycles. The molecular weight excluding hydrogens is 209 g/mol. The average Bonchev–Trinajstić information content (AvgIpc) is 2.25. The first-order chi connectivity index (χ1) is 6.83. The van der Waals surface area contributed by atoms with Gasteiger partial charge < -0.3 is 20.9 Å². The summed E-state index contributed by atoms with van der Waals surface area (Å²) in [5.74, 6) is -0.195. The normalized spacial score (nSPS) is 8.31. The van der Waals surface area contributed by atoms with Gasteiger partial charge in [-0.3, -0.25) is 4.79 Å². The van der Waals surface area contributed by atoms with Gasteiger partial charge in [0.25, 0.3) is 0 Å². The second-order valence-corrected chi connectivity index (χ2v) is 2.84. The van der Waals surface area contributed by atoms with Crippen LogP contribution in [0.2, 0.25) is 0 Å². The zero-order valence-electron chi connectivity index (χ0n) is 9.19. The number of nitrogens with one attached hydrogen (secondary N) is 1. The van der Waals surface area contributed by atoms with Crippen molar-refractivity contribution in [3.8, 4) is 0 Å². The van der Waals surface area contributed by atoms with Gasteiger partial charge in [-0.05, 0) is 6.54 Å². The minimum absolute atomic E-state index is 0. The van der Waals surface area contributed by atoms with Gasteiger partial charge in [0.1, 0.15) is 0 Å². The molecule has 0 aromatic heterocycles. The van der Waals surface area contributed by atoms with Crippen molar-refractivity contribution in [3.63, 3.8) is 0 Å². The van der Waals surface area contributed by atoms with Crippen molar-refractivity contribution in [1.82, 2.24) is 5.23 Å². The second kappa shape index (κ2) is 10.2. The predicted octanol–water partition coefficient (Wildman–Crippen LogP) is -1.57. The molecule has 5 N–H and O–H groups in total. The lowest BCUT2D eigenvalue weighted by atomic mass is 9.83. The first-order valence-electron chi connectivity index (χ1n) is 4.51. The Kier molecular flexibility index (Phi) is 10.8. The number of carbonyl (C=O) groups is 1. The molecule has 1 aromatic rings. The summed E-state index contributed by atoms with van der Waals surface area (Å²) in [5, 5.41) is 3.04. The molecule has 0 bridgehead atoms. The Morgan fingerprint density at radius 1 is 1.31 bits per heavy atom. The van der Waals surface area contributed by atoms with Crippen LogP contribution in [0.25, 0.3) is 0 Å². The van der Waals surface area contributed by atoms with Crippen LogP contribution in [0.15, 0.2) is 30.3 Å². The molecule has 0 aliphatic rings. The molecule has 0 saturated heterocycles. The number of hydrogen-bond donors (Lipinski definition) is 1. The van der Waals surface area contributed by atoms with Crippen LogP contribution in [-0.2, 0) is 9.53 Å². The maximum Gasteiger partial charge on any atom is 0.306 e. The molecule has 16 heavy (non-hydrogen) atoms. The van der Waals surface area contributed by atoms with Gasteiger partial charge in [0.15, 0.2) is 0 Å². The molecular formula is C10H17BNO4. The Bertz CT molecular complexity index is 281. The van der Waals surface area contributed by atoms with Crippen LogP contribution in [0.1, 0.15) is 6.42 Å². The largest absolute Gasteiger partial charge is 0.469 e. The van der Waals surface area contributed by atoms with E-state index in [1.165, 1.54) is 7.11 Å². The molecule has 0 atom stereocenters. The number of esters is 1. The van der Waals surface area contributed by atoms with Crippen molar-refractivity contribution in [3.05, 3.63) is 30.3 Å². The summed E-state index contributed by atoms with van der Waals surface area (Å²) in [5.41, 5.74) is 1.09. The van der Waals surface area contributed by atoms with Crippen LogP contribution in [0.4, 0.5) is 0 Å². The van der Waals surface area contributed by atoms with Crippen molar-refractivity contribution >= 4 is 18.8 Å². The molecule has 6 heteroatoms. The highest BCUT2D eigenvalue weighted by Gasteiger charge is 1.99. The number of ether oxygens (including phenoxy) is 1. The lowest BCUT2D eigenvalue weighted by molar-refractivity contribution is -0.140.